The van der Waals surface area contributed by atoms with E-state index in [1.807, 2.05) is 17.5 Å². The van der Waals surface area contributed by atoms with Crippen molar-refractivity contribution in [2.75, 3.05) is 6.54 Å². The predicted octanol–water partition coefficient (Wildman–Crippen LogP) is 4.50. The zero-order chi connectivity index (χ0) is 15.5. The number of rotatable bonds is 4. The summed E-state index contributed by atoms with van der Waals surface area (Å²) in [4.78, 5) is 13.0. The van der Waals surface area contributed by atoms with E-state index in [9.17, 15) is 18.0 Å². The second-order valence-electron chi connectivity index (χ2n) is 4.27. The summed E-state index contributed by atoms with van der Waals surface area (Å²) in [5.74, 6) is -0.716. The van der Waals surface area contributed by atoms with Crippen LogP contribution in [0.1, 0.15) is 20.8 Å². The van der Waals surface area contributed by atoms with E-state index in [2.05, 4.69) is 21.2 Å². The summed E-state index contributed by atoms with van der Waals surface area (Å²) < 4.78 is 39.1. The molecule has 7 heteroatoms. The Bertz CT molecular complexity index is 626. The lowest BCUT2D eigenvalue weighted by Crippen LogP contribution is -2.28. The number of carbonyl (C=O) groups is 1. The van der Waals surface area contributed by atoms with E-state index in [0.717, 1.165) is 10.9 Å². The van der Waals surface area contributed by atoms with E-state index in [1.54, 1.807) is 11.3 Å². The Morgan fingerprint density at radius 1 is 1.29 bits per heavy atom. The van der Waals surface area contributed by atoms with Gasteiger partial charge in [-0.3, -0.25) is 4.79 Å². The minimum Gasteiger partial charge on any atom is -0.352 e. The smallest absolute Gasteiger partial charge is 0.352 e. The summed E-state index contributed by atoms with van der Waals surface area (Å²) in [5.41, 5.74) is -1.30. The summed E-state index contributed by atoms with van der Waals surface area (Å²) in [6.07, 6.45) is -3.97. The fourth-order valence-corrected chi connectivity index (χ4v) is 2.87. The van der Waals surface area contributed by atoms with E-state index in [1.165, 1.54) is 12.1 Å². The zero-order valence-electron chi connectivity index (χ0n) is 10.7. The van der Waals surface area contributed by atoms with Gasteiger partial charge in [0.2, 0.25) is 0 Å². The van der Waals surface area contributed by atoms with E-state index in [4.69, 9.17) is 0 Å². The molecule has 0 aliphatic rings. The van der Waals surface area contributed by atoms with Gasteiger partial charge in [0.05, 0.1) is 11.1 Å². The molecule has 1 amide bonds. The Kier molecular flexibility index (Phi) is 5.05. The van der Waals surface area contributed by atoms with Crippen molar-refractivity contribution >= 4 is 33.2 Å². The first kappa shape index (κ1) is 16.0. The van der Waals surface area contributed by atoms with Crippen molar-refractivity contribution < 1.29 is 18.0 Å². The lowest BCUT2D eigenvalue weighted by molar-refractivity contribution is -0.138. The van der Waals surface area contributed by atoms with Gasteiger partial charge in [-0.15, -0.1) is 11.3 Å². The molecule has 0 unspecified atom stereocenters. The number of halogens is 4. The molecule has 1 aromatic heterocycles. The largest absolute Gasteiger partial charge is 0.417 e. The van der Waals surface area contributed by atoms with Crippen molar-refractivity contribution in [3.8, 4) is 0 Å². The van der Waals surface area contributed by atoms with Gasteiger partial charge < -0.3 is 5.32 Å². The zero-order valence-corrected chi connectivity index (χ0v) is 13.1. The molecule has 0 radical (unpaired) electrons. The van der Waals surface area contributed by atoms with Crippen LogP contribution in [0.3, 0.4) is 0 Å². The van der Waals surface area contributed by atoms with E-state index < -0.39 is 17.6 Å². The monoisotopic (exact) mass is 377 g/mol. The van der Waals surface area contributed by atoms with Gasteiger partial charge in [-0.2, -0.15) is 13.2 Å². The molecule has 2 nitrogen and oxygen atoms in total. The quantitative estimate of drug-likeness (QED) is 0.834. The van der Waals surface area contributed by atoms with Crippen LogP contribution in [-0.2, 0) is 12.6 Å². The average Bonchev–Trinajstić information content (AvgIpc) is 2.90. The molecule has 0 saturated heterocycles. The molecule has 0 spiro atoms. The highest BCUT2D eigenvalue weighted by Crippen LogP contribution is 2.33. The van der Waals surface area contributed by atoms with Crippen LogP contribution in [0.15, 0.2) is 40.2 Å². The van der Waals surface area contributed by atoms with Gasteiger partial charge in [0, 0.05) is 15.9 Å². The molecular formula is C14H11BrF3NOS. The third-order valence-electron chi connectivity index (χ3n) is 2.77. The van der Waals surface area contributed by atoms with Gasteiger partial charge in [0.1, 0.15) is 0 Å². The maximum absolute atomic E-state index is 12.9. The van der Waals surface area contributed by atoms with Crippen molar-refractivity contribution in [1.82, 2.24) is 5.32 Å². The molecule has 2 rings (SSSR count). The first-order valence-corrected chi connectivity index (χ1v) is 7.72. The maximum Gasteiger partial charge on any atom is 0.417 e. The average molecular weight is 378 g/mol. The number of carbonyl (C=O) groups excluding carboxylic acids is 1. The fourth-order valence-electron chi connectivity index (χ4n) is 1.80. The molecule has 0 saturated carbocycles. The number of benzene rings is 1. The summed E-state index contributed by atoms with van der Waals surface area (Å²) in [6, 6.07) is 7.31. The molecule has 0 atom stereocenters. The van der Waals surface area contributed by atoms with Gasteiger partial charge in [-0.05, 0) is 36.1 Å². The molecule has 21 heavy (non-hydrogen) atoms. The van der Waals surface area contributed by atoms with Gasteiger partial charge in [0.25, 0.3) is 5.91 Å². The van der Waals surface area contributed by atoms with E-state index >= 15 is 0 Å². The summed E-state index contributed by atoms with van der Waals surface area (Å²) in [7, 11) is 0. The molecular weight excluding hydrogens is 367 g/mol. The molecule has 0 aliphatic heterocycles. The number of alkyl halides is 3. The Labute approximate surface area is 132 Å². The Balaban J connectivity index is 2.08. The lowest BCUT2D eigenvalue weighted by Gasteiger charge is -2.13. The van der Waals surface area contributed by atoms with Gasteiger partial charge in [0.15, 0.2) is 0 Å². The van der Waals surface area contributed by atoms with Crippen LogP contribution in [0.5, 0.6) is 0 Å². The van der Waals surface area contributed by atoms with Crippen LogP contribution in [0.25, 0.3) is 0 Å². The van der Waals surface area contributed by atoms with Crippen LogP contribution < -0.4 is 5.32 Å². The normalized spacial score (nSPS) is 11.4. The van der Waals surface area contributed by atoms with Crippen molar-refractivity contribution in [3.05, 3.63) is 56.2 Å². The Hall–Kier alpha value is -1.34. The van der Waals surface area contributed by atoms with Crippen LogP contribution in [0, 0.1) is 0 Å². The molecule has 1 N–H and O–H groups in total. The third-order valence-corrected chi connectivity index (χ3v) is 4.20. The topological polar surface area (TPSA) is 29.1 Å². The summed E-state index contributed by atoms with van der Waals surface area (Å²) in [6.45, 7) is 0.298. The van der Waals surface area contributed by atoms with Crippen molar-refractivity contribution in [3.63, 3.8) is 0 Å². The first-order chi connectivity index (χ1) is 9.88. The van der Waals surface area contributed by atoms with E-state index in [-0.39, 0.29) is 10.0 Å². The van der Waals surface area contributed by atoms with Gasteiger partial charge in [-0.1, -0.05) is 22.0 Å². The number of hydrogen-bond acceptors (Lipinski definition) is 2. The summed E-state index contributed by atoms with van der Waals surface area (Å²) >= 11 is 4.53. The SMILES string of the molecule is O=C(NCCc1cccs1)c1ccc(Br)cc1C(F)(F)F. The minimum atomic E-state index is -4.57. The van der Waals surface area contributed by atoms with Crippen LogP contribution in [-0.4, -0.2) is 12.5 Å². The molecule has 1 heterocycles. The second kappa shape index (κ2) is 6.62. The highest BCUT2D eigenvalue weighted by atomic mass is 79.9. The van der Waals surface area contributed by atoms with Crippen LogP contribution in [0.4, 0.5) is 13.2 Å². The Morgan fingerprint density at radius 3 is 2.67 bits per heavy atom. The first-order valence-electron chi connectivity index (χ1n) is 6.05. The highest BCUT2D eigenvalue weighted by molar-refractivity contribution is 9.10. The van der Waals surface area contributed by atoms with Gasteiger partial charge >= 0.3 is 6.18 Å². The van der Waals surface area contributed by atoms with Crippen molar-refractivity contribution in [2.45, 2.75) is 12.6 Å². The van der Waals surface area contributed by atoms with Crippen molar-refractivity contribution in [2.24, 2.45) is 0 Å². The van der Waals surface area contributed by atoms with Crippen molar-refractivity contribution in [1.29, 1.82) is 0 Å². The standard InChI is InChI=1S/C14H11BrF3NOS/c15-9-3-4-11(12(8-9)14(16,17)18)13(20)19-6-5-10-2-1-7-21-10/h1-4,7-8H,5-6H2,(H,19,20). The predicted molar refractivity (Wildman–Crippen MR) is 79.5 cm³/mol. The molecule has 112 valence electrons. The third kappa shape index (κ3) is 4.31. The Morgan fingerprint density at radius 2 is 2.05 bits per heavy atom. The lowest BCUT2D eigenvalue weighted by atomic mass is 10.1. The molecule has 0 bridgehead atoms. The number of thiophene rings is 1. The maximum atomic E-state index is 12.9. The minimum absolute atomic E-state index is 0.282. The van der Waals surface area contributed by atoms with Gasteiger partial charge in [-0.25, -0.2) is 0 Å². The van der Waals surface area contributed by atoms with Crippen LogP contribution >= 0.6 is 27.3 Å². The molecule has 2 aromatic rings. The molecule has 0 fully saturated rings. The number of nitrogens with one attached hydrogen (secondary N) is 1. The molecule has 1 aromatic carbocycles. The van der Waals surface area contributed by atoms with Crippen LogP contribution in [0.2, 0.25) is 0 Å². The highest BCUT2D eigenvalue weighted by Gasteiger charge is 2.35. The number of amides is 1. The van der Waals surface area contributed by atoms with E-state index in [0.29, 0.717) is 13.0 Å². The molecule has 0 aliphatic carbocycles. The second-order valence-corrected chi connectivity index (χ2v) is 6.22. The number of hydrogen-bond donors (Lipinski definition) is 1. The summed E-state index contributed by atoms with van der Waals surface area (Å²) in [5, 5.41) is 4.43. The fraction of sp³-hybridized carbons (Fsp3) is 0.214.